The first kappa shape index (κ1) is 15.3. The number of aliphatic hydroxyl groups is 1. The molecule has 0 radical (unpaired) electrons. The number of piperidine rings is 1. The van der Waals surface area contributed by atoms with Gasteiger partial charge in [0.05, 0.1) is 6.10 Å². The van der Waals surface area contributed by atoms with E-state index in [0.29, 0.717) is 6.04 Å². The lowest BCUT2D eigenvalue weighted by Crippen LogP contribution is -2.43. The van der Waals surface area contributed by atoms with E-state index in [0.717, 1.165) is 31.2 Å². The van der Waals surface area contributed by atoms with Gasteiger partial charge in [0.15, 0.2) is 0 Å². The van der Waals surface area contributed by atoms with Gasteiger partial charge in [-0.2, -0.15) is 0 Å². The fourth-order valence-corrected chi connectivity index (χ4v) is 3.64. The fraction of sp³-hybridized carbons (Fsp3) is 1.00. The van der Waals surface area contributed by atoms with Crippen molar-refractivity contribution in [2.45, 2.75) is 64.5 Å². The summed E-state index contributed by atoms with van der Waals surface area (Å²) >= 11 is 0. The average molecular weight is 268 g/mol. The lowest BCUT2D eigenvalue weighted by molar-refractivity contribution is 0.105. The second-order valence-corrected chi connectivity index (χ2v) is 6.64. The number of hydrogen-bond acceptors (Lipinski definition) is 3. The Morgan fingerprint density at radius 2 is 1.74 bits per heavy atom. The highest BCUT2D eigenvalue weighted by Gasteiger charge is 2.24. The van der Waals surface area contributed by atoms with Gasteiger partial charge in [-0.05, 0) is 83.5 Å². The van der Waals surface area contributed by atoms with Crippen molar-refractivity contribution in [3.63, 3.8) is 0 Å². The van der Waals surface area contributed by atoms with E-state index in [9.17, 15) is 5.11 Å². The summed E-state index contributed by atoms with van der Waals surface area (Å²) < 4.78 is 0. The average Bonchev–Trinajstić information content (AvgIpc) is 2.46. The number of aliphatic hydroxyl groups excluding tert-OH is 1. The van der Waals surface area contributed by atoms with Crippen molar-refractivity contribution in [2.75, 3.05) is 26.2 Å². The molecule has 2 aliphatic rings. The van der Waals surface area contributed by atoms with Gasteiger partial charge in [0, 0.05) is 6.04 Å². The maximum atomic E-state index is 9.53. The zero-order valence-electron chi connectivity index (χ0n) is 12.8. The van der Waals surface area contributed by atoms with Crippen LogP contribution in [0.2, 0.25) is 0 Å². The smallest absolute Gasteiger partial charge is 0.0540 e. The molecular weight excluding hydrogens is 236 g/mol. The van der Waals surface area contributed by atoms with E-state index < -0.39 is 0 Å². The van der Waals surface area contributed by atoms with Gasteiger partial charge >= 0.3 is 0 Å². The van der Waals surface area contributed by atoms with Crippen LogP contribution >= 0.6 is 0 Å². The predicted octanol–water partition coefficient (Wildman–Crippen LogP) is 2.25. The van der Waals surface area contributed by atoms with E-state index in [-0.39, 0.29) is 6.10 Å². The number of nitrogens with one attached hydrogen (secondary N) is 1. The van der Waals surface area contributed by atoms with Crippen molar-refractivity contribution >= 4 is 0 Å². The van der Waals surface area contributed by atoms with Crippen molar-refractivity contribution in [1.82, 2.24) is 10.2 Å². The van der Waals surface area contributed by atoms with Crippen LogP contribution in [0.4, 0.5) is 0 Å². The molecule has 0 aromatic rings. The third kappa shape index (κ3) is 4.73. The number of likely N-dealkylation sites (tertiary alicyclic amines) is 1. The highest BCUT2D eigenvalue weighted by molar-refractivity contribution is 4.81. The minimum absolute atomic E-state index is 0.0213. The van der Waals surface area contributed by atoms with Crippen LogP contribution in [0.15, 0.2) is 0 Å². The highest BCUT2D eigenvalue weighted by Crippen LogP contribution is 2.25. The Hall–Kier alpha value is -0.120. The maximum Gasteiger partial charge on any atom is 0.0540 e. The molecule has 1 saturated carbocycles. The molecule has 1 unspecified atom stereocenters. The van der Waals surface area contributed by atoms with E-state index in [1.54, 1.807) is 0 Å². The first-order valence-electron chi connectivity index (χ1n) is 8.32. The predicted molar refractivity (Wildman–Crippen MR) is 80.3 cm³/mol. The molecule has 0 aromatic heterocycles. The third-order valence-electron chi connectivity index (χ3n) is 5.33. The molecule has 3 heteroatoms. The van der Waals surface area contributed by atoms with Crippen LogP contribution in [0.1, 0.15) is 52.4 Å². The van der Waals surface area contributed by atoms with Gasteiger partial charge in [0.1, 0.15) is 0 Å². The van der Waals surface area contributed by atoms with Crippen molar-refractivity contribution in [3.05, 3.63) is 0 Å². The first-order chi connectivity index (χ1) is 9.19. The largest absolute Gasteiger partial charge is 0.393 e. The summed E-state index contributed by atoms with van der Waals surface area (Å²) in [5, 5.41) is 13.3. The molecule has 0 amide bonds. The van der Waals surface area contributed by atoms with E-state index in [1.807, 2.05) is 0 Å². The van der Waals surface area contributed by atoms with E-state index in [1.165, 1.54) is 45.3 Å². The summed E-state index contributed by atoms with van der Waals surface area (Å²) in [6.07, 6.45) is 7.11. The number of hydrogen-bond donors (Lipinski definition) is 2. The van der Waals surface area contributed by atoms with Crippen LogP contribution < -0.4 is 5.32 Å². The number of nitrogens with zero attached hydrogens (tertiary/aromatic N) is 1. The van der Waals surface area contributed by atoms with Crippen molar-refractivity contribution in [3.8, 4) is 0 Å². The molecule has 1 atom stereocenters. The summed E-state index contributed by atoms with van der Waals surface area (Å²) in [6, 6.07) is 0.658. The summed E-state index contributed by atoms with van der Waals surface area (Å²) in [4.78, 5) is 2.56. The molecule has 1 aliphatic carbocycles. The molecule has 3 nitrogen and oxygen atoms in total. The van der Waals surface area contributed by atoms with Gasteiger partial charge in [-0.25, -0.2) is 0 Å². The second-order valence-electron chi connectivity index (χ2n) is 6.64. The van der Waals surface area contributed by atoms with Crippen LogP contribution in [0, 0.1) is 11.8 Å². The normalized spacial score (nSPS) is 32.4. The minimum Gasteiger partial charge on any atom is -0.393 e. The summed E-state index contributed by atoms with van der Waals surface area (Å²) in [6.45, 7) is 9.55. The van der Waals surface area contributed by atoms with Gasteiger partial charge in [-0.15, -0.1) is 0 Å². The highest BCUT2D eigenvalue weighted by atomic mass is 16.3. The topological polar surface area (TPSA) is 35.5 Å². The van der Waals surface area contributed by atoms with Crippen molar-refractivity contribution < 1.29 is 5.11 Å². The van der Waals surface area contributed by atoms with Crippen LogP contribution in [0.25, 0.3) is 0 Å². The summed E-state index contributed by atoms with van der Waals surface area (Å²) in [7, 11) is 0. The van der Waals surface area contributed by atoms with Gasteiger partial charge in [-0.1, -0.05) is 6.92 Å². The quantitative estimate of drug-likeness (QED) is 0.803. The molecule has 19 heavy (non-hydrogen) atoms. The van der Waals surface area contributed by atoms with E-state index in [4.69, 9.17) is 0 Å². The van der Waals surface area contributed by atoms with Gasteiger partial charge < -0.3 is 15.3 Å². The summed E-state index contributed by atoms with van der Waals surface area (Å²) in [5.74, 6) is 1.65. The molecule has 2 fully saturated rings. The maximum absolute atomic E-state index is 9.53. The molecule has 0 aromatic carbocycles. The zero-order valence-corrected chi connectivity index (χ0v) is 12.8. The molecule has 1 saturated heterocycles. The SMILES string of the molecule is CCN1CCC(C(C)NCC2CCC(O)CC2)CC1. The molecule has 0 bridgehead atoms. The molecule has 0 spiro atoms. The summed E-state index contributed by atoms with van der Waals surface area (Å²) in [5.41, 5.74) is 0. The van der Waals surface area contributed by atoms with E-state index >= 15 is 0 Å². The Balaban J connectivity index is 1.63. The third-order valence-corrected chi connectivity index (χ3v) is 5.33. The molecule has 2 rings (SSSR count). The Morgan fingerprint density at radius 1 is 1.11 bits per heavy atom. The van der Waals surface area contributed by atoms with Gasteiger partial charge in [-0.3, -0.25) is 0 Å². The molecule has 1 aliphatic heterocycles. The monoisotopic (exact) mass is 268 g/mol. The Kier molecular flexibility index (Phi) is 6.11. The Morgan fingerprint density at radius 3 is 2.32 bits per heavy atom. The molecule has 1 heterocycles. The lowest BCUT2D eigenvalue weighted by Gasteiger charge is -2.35. The Labute approximate surface area is 118 Å². The fourth-order valence-electron chi connectivity index (χ4n) is 3.64. The van der Waals surface area contributed by atoms with Crippen molar-refractivity contribution in [1.29, 1.82) is 0 Å². The Bertz CT molecular complexity index is 243. The first-order valence-corrected chi connectivity index (χ1v) is 8.32. The van der Waals surface area contributed by atoms with Crippen molar-refractivity contribution in [2.24, 2.45) is 11.8 Å². The van der Waals surface area contributed by atoms with Crippen LogP contribution in [-0.2, 0) is 0 Å². The van der Waals surface area contributed by atoms with Crippen LogP contribution in [-0.4, -0.2) is 48.3 Å². The standard InChI is InChI=1S/C16H32N2O/c1-3-18-10-8-15(9-11-18)13(2)17-12-14-4-6-16(19)7-5-14/h13-17,19H,3-12H2,1-2H3. The van der Waals surface area contributed by atoms with Gasteiger partial charge in [0.25, 0.3) is 0 Å². The van der Waals surface area contributed by atoms with Crippen LogP contribution in [0.5, 0.6) is 0 Å². The zero-order chi connectivity index (χ0) is 13.7. The van der Waals surface area contributed by atoms with E-state index in [2.05, 4.69) is 24.1 Å². The van der Waals surface area contributed by atoms with Crippen LogP contribution in [0.3, 0.4) is 0 Å². The molecule has 112 valence electrons. The molecular formula is C16H32N2O. The minimum atomic E-state index is -0.0213. The number of rotatable bonds is 5. The second kappa shape index (κ2) is 7.61. The van der Waals surface area contributed by atoms with Gasteiger partial charge in [0.2, 0.25) is 0 Å². The molecule has 2 N–H and O–H groups in total. The lowest BCUT2D eigenvalue weighted by atomic mass is 9.86.